The summed E-state index contributed by atoms with van der Waals surface area (Å²) in [6.07, 6.45) is 4.48. The number of pyridine rings is 1. The maximum Gasteiger partial charge on any atom is 0.239 e. The monoisotopic (exact) mass is 422 g/mol. The number of hydrogen-bond acceptors (Lipinski definition) is 3. The number of carbonyl (C=O) groups excluding carboxylic acids is 1. The second-order valence-corrected chi connectivity index (χ2v) is 7.68. The zero-order valence-electron chi connectivity index (χ0n) is 17.4. The van der Waals surface area contributed by atoms with E-state index in [9.17, 15) is 9.59 Å². The molecule has 1 N–H and O–H groups in total. The van der Waals surface area contributed by atoms with Crippen LogP contribution in [0.15, 0.2) is 96.1 Å². The second kappa shape index (κ2) is 8.51. The number of hydrogen-bond donors (Lipinski definition) is 1. The predicted molar refractivity (Wildman–Crippen MR) is 126 cm³/mol. The molecule has 0 aliphatic rings. The summed E-state index contributed by atoms with van der Waals surface area (Å²) in [6.45, 7) is 0.653. The van der Waals surface area contributed by atoms with Crippen LogP contribution in [-0.4, -0.2) is 26.8 Å². The third-order valence-electron chi connectivity index (χ3n) is 5.57. The molecule has 6 heteroatoms. The molecule has 5 aromatic rings. The van der Waals surface area contributed by atoms with Crippen molar-refractivity contribution in [1.82, 2.24) is 19.7 Å². The number of fused-ring (bicyclic) bond motifs is 2. The number of benzene rings is 3. The maximum absolute atomic E-state index is 12.8. The molecule has 0 bridgehead atoms. The Bertz CT molecular complexity index is 1410. The van der Waals surface area contributed by atoms with Crippen LogP contribution in [0, 0.1) is 0 Å². The summed E-state index contributed by atoms with van der Waals surface area (Å²) in [5.74, 6) is -0.0978. The molecule has 3 aromatic carbocycles. The highest BCUT2D eigenvalue weighted by Crippen LogP contribution is 2.19. The zero-order valence-corrected chi connectivity index (χ0v) is 17.4. The summed E-state index contributed by atoms with van der Waals surface area (Å²) in [5.41, 5.74) is 3.56. The van der Waals surface area contributed by atoms with E-state index in [0.29, 0.717) is 23.7 Å². The normalized spacial score (nSPS) is 11.1. The number of rotatable bonds is 6. The van der Waals surface area contributed by atoms with Gasteiger partial charge in [-0.05, 0) is 48.4 Å². The Morgan fingerprint density at radius 2 is 1.47 bits per heavy atom. The van der Waals surface area contributed by atoms with Gasteiger partial charge in [-0.15, -0.1) is 0 Å². The van der Waals surface area contributed by atoms with Crippen molar-refractivity contribution in [2.24, 2.45) is 0 Å². The van der Waals surface area contributed by atoms with E-state index in [4.69, 9.17) is 0 Å². The first-order valence-electron chi connectivity index (χ1n) is 10.6. The van der Waals surface area contributed by atoms with Crippen LogP contribution in [0.4, 0.5) is 0 Å². The van der Waals surface area contributed by atoms with E-state index >= 15 is 0 Å². The van der Waals surface area contributed by atoms with Gasteiger partial charge in [0, 0.05) is 23.5 Å². The first-order valence-corrected chi connectivity index (χ1v) is 10.6. The third kappa shape index (κ3) is 3.78. The summed E-state index contributed by atoms with van der Waals surface area (Å²) in [7, 11) is 0. The molecule has 0 aliphatic carbocycles. The zero-order chi connectivity index (χ0) is 21.9. The minimum absolute atomic E-state index is 0.0108. The first-order chi connectivity index (χ1) is 15.7. The largest absolute Gasteiger partial charge is 0.354 e. The molecule has 2 heterocycles. The van der Waals surface area contributed by atoms with Crippen molar-refractivity contribution in [3.63, 3.8) is 0 Å². The molecule has 6 nitrogen and oxygen atoms in total. The number of para-hydroxylation sites is 3. The fraction of sp³-hybridized carbons (Fsp3) is 0.115. The van der Waals surface area contributed by atoms with Gasteiger partial charge in [0.2, 0.25) is 5.91 Å². The maximum atomic E-state index is 12.8. The fourth-order valence-electron chi connectivity index (χ4n) is 4.00. The minimum atomic E-state index is -0.0978. The molecule has 0 unspecified atom stereocenters. The molecule has 5 rings (SSSR count). The van der Waals surface area contributed by atoms with Crippen LogP contribution in [-0.2, 0) is 17.8 Å². The summed E-state index contributed by atoms with van der Waals surface area (Å²) < 4.78 is 3.74. The third-order valence-corrected chi connectivity index (χ3v) is 5.57. The first kappa shape index (κ1) is 19.8. The smallest absolute Gasteiger partial charge is 0.239 e. The molecule has 158 valence electrons. The van der Waals surface area contributed by atoms with Crippen molar-refractivity contribution in [2.75, 3.05) is 6.54 Å². The second-order valence-electron chi connectivity index (χ2n) is 7.68. The van der Waals surface area contributed by atoms with Crippen molar-refractivity contribution >= 4 is 27.7 Å². The van der Waals surface area contributed by atoms with Gasteiger partial charge in [0.25, 0.3) is 0 Å². The van der Waals surface area contributed by atoms with Gasteiger partial charge in [-0.1, -0.05) is 42.5 Å². The Morgan fingerprint density at radius 3 is 2.16 bits per heavy atom. The van der Waals surface area contributed by atoms with Crippen LogP contribution in [0.5, 0.6) is 0 Å². The number of aromatic nitrogens is 3. The fourth-order valence-corrected chi connectivity index (χ4v) is 4.00. The van der Waals surface area contributed by atoms with E-state index in [2.05, 4.69) is 10.4 Å². The number of nitrogens with zero attached hydrogens (tertiary/aromatic N) is 3. The lowest BCUT2D eigenvalue weighted by molar-refractivity contribution is -0.121. The molecule has 0 atom stereocenters. The van der Waals surface area contributed by atoms with Gasteiger partial charge >= 0.3 is 0 Å². The summed E-state index contributed by atoms with van der Waals surface area (Å²) in [6, 6.07) is 24.8. The van der Waals surface area contributed by atoms with Crippen LogP contribution in [0.25, 0.3) is 27.5 Å². The Morgan fingerprint density at radius 1 is 0.844 bits per heavy atom. The Kier molecular flexibility index (Phi) is 5.25. The highest BCUT2D eigenvalue weighted by atomic mass is 16.2. The molecule has 0 spiro atoms. The SMILES string of the molecule is O=C(Cn1c2ccccc2c(=O)c2ccccc21)NCCc1cnn(-c2ccccc2)c1. The lowest BCUT2D eigenvalue weighted by Gasteiger charge is -2.15. The number of carbonyl (C=O) groups is 1. The lowest BCUT2D eigenvalue weighted by atomic mass is 10.1. The summed E-state index contributed by atoms with van der Waals surface area (Å²) in [4.78, 5) is 25.6. The predicted octanol–water partition coefficient (Wildman–Crippen LogP) is 3.70. The van der Waals surface area contributed by atoms with E-state index in [1.165, 1.54) is 0 Å². The molecule has 0 fully saturated rings. The van der Waals surface area contributed by atoms with Crippen molar-refractivity contribution in [3.8, 4) is 5.69 Å². The van der Waals surface area contributed by atoms with E-state index in [1.54, 1.807) is 0 Å². The van der Waals surface area contributed by atoms with Crippen LogP contribution >= 0.6 is 0 Å². The molecule has 0 saturated heterocycles. The summed E-state index contributed by atoms with van der Waals surface area (Å²) >= 11 is 0. The van der Waals surface area contributed by atoms with Crippen molar-refractivity contribution < 1.29 is 4.79 Å². The van der Waals surface area contributed by atoms with E-state index in [-0.39, 0.29) is 17.9 Å². The molecule has 32 heavy (non-hydrogen) atoms. The average molecular weight is 422 g/mol. The Hall–Kier alpha value is -4.19. The highest BCUT2D eigenvalue weighted by Gasteiger charge is 2.12. The molecule has 0 radical (unpaired) electrons. The molecular weight excluding hydrogens is 400 g/mol. The average Bonchev–Trinajstić information content (AvgIpc) is 3.31. The molecule has 0 saturated carbocycles. The van der Waals surface area contributed by atoms with E-state index in [1.807, 2.05) is 101 Å². The van der Waals surface area contributed by atoms with Gasteiger partial charge in [0.15, 0.2) is 5.43 Å². The highest BCUT2D eigenvalue weighted by molar-refractivity contribution is 5.94. The van der Waals surface area contributed by atoms with Crippen molar-refractivity contribution in [3.05, 3.63) is 107 Å². The standard InChI is InChI=1S/C26H22N4O2/c31-25(27-15-14-19-16-28-30(17-19)20-8-2-1-3-9-20)18-29-23-12-6-4-10-21(23)26(32)22-11-5-7-13-24(22)29/h1-13,16-17H,14-15,18H2,(H,27,31). The molecular formula is C26H22N4O2. The van der Waals surface area contributed by atoms with Gasteiger partial charge in [-0.3, -0.25) is 9.59 Å². The molecule has 0 aliphatic heterocycles. The molecule has 2 aromatic heterocycles. The van der Waals surface area contributed by atoms with Crippen LogP contribution in [0.2, 0.25) is 0 Å². The van der Waals surface area contributed by atoms with Gasteiger partial charge in [-0.2, -0.15) is 5.10 Å². The van der Waals surface area contributed by atoms with Gasteiger partial charge in [0.1, 0.15) is 6.54 Å². The van der Waals surface area contributed by atoms with Crippen LogP contribution in [0.3, 0.4) is 0 Å². The van der Waals surface area contributed by atoms with Crippen molar-refractivity contribution in [1.29, 1.82) is 0 Å². The van der Waals surface area contributed by atoms with Gasteiger partial charge in [-0.25, -0.2) is 4.68 Å². The van der Waals surface area contributed by atoms with E-state index in [0.717, 1.165) is 22.3 Å². The Balaban J connectivity index is 1.31. The topological polar surface area (TPSA) is 68.9 Å². The van der Waals surface area contributed by atoms with Crippen LogP contribution < -0.4 is 10.7 Å². The number of nitrogens with one attached hydrogen (secondary N) is 1. The Labute approximate surface area is 184 Å². The van der Waals surface area contributed by atoms with Crippen LogP contribution in [0.1, 0.15) is 5.56 Å². The van der Waals surface area contributed by atoms with E-state index < -0.39 is 0 Å². The van der Waals surface area contributed by atoms with Gasteiger partial charge in [0.05, 0.1) is 22.9 Å². The molecule has 1 amide bonds. The van der Waals surface area contributed by atoms with Crippen molar-refractivity contribution in [2.45, 2.75) is 13.0 Å². The summed E-state index contributed by atoms with van der Waals surface area (Å²) in [5, 5.41) is 8.63. The lowest BCUT2D eigenvalue weighted by Crippen LogP contribution is -2.30. The van der Waals surface area contributed by atoms with Gasteiger partial charge < -0.3 is 9.88 Å². The number of amides is 1. The minimum Gasteiger partial charge on any atom is -0.354 e. The quantitative estimate of drug-likeness (QED) is 0.424.